The number of benzene rings is 1. The predicted octanol–water partition coefficient (Wildman–Crippen LogP) is 3.60. The van der Waals surface area contributed by atoms with Crippen LogP contribution in [0.15, 0.2) is 65.4 Å². The number of amides is 2. The topological polar surface area (TPSA) is 84.7 Å². The fourth-order valence-electron chi connectivity index (χ4n) is 3.63. The van der Waals surface area contributed by atoms with Crippen molar-refractivity contribution in [1.82, 2.24) is 15.2 Å². The van der Waals surface area contributed by atoms with Gasteiger partial charge in [0.15, 0.2) is 0 Å². The van der Waals surface area contributed by atoms with Crippen molar-refractivity contribution in [2.45, 2.75) is 32.4 Å². The second-order valence-corrected chi connectivity index (χ2v) is 7.53. The van der Waals surface area contributed by atoms with E-state index < -0.39 is 0 Å². The van der Waals surface area contributed by atoms with E-state index in [0.717, 1.165) is 18.5 Å². The molecular formula is C24H25N3O4. The standard InChI is InChI=1S/C24H25N3O4/c1-17-22(10-14-30-17)24(29)27-12-8-20(9-13-27)31-21-7-4-5-18(15-21)23(28)26-16-19-6-2-3-11-25-19/h2-7,10-11,14-15,20H,8-9,12-13,16H2,1H3,(H,26,28). The maximum Gasteiger partial charge on any atom is 0.257 e. The van der Waals surface area contributed by atoms with Gasteiger partial charge in [0.2, 0.25) is 0 Å². The molecule has 1 aliphatic heterocycles. The van der Waals surface area contributed by atoms with Gasteiger partial charge in [-0.3, -0.25) is 14.6 Å². The van der Waals surface area contributed by atoms with E-state index in [1.165, 1.54) is 6.26 Å². The van der Waals surface area contributed by atoms with Gasteiger partial charge >= 0.3 is 0 Å². The van der Waals surface area contributed by atoms with Gasteiger partial charge in [-0.2, -0.15) is 0 Å². The monoisotopic (exact) mass is 419 g/mol. The van der Waals surface area contributed by atoms with Crippen LogP contribution >= 0.6 is 0 Å². The van der Waals surface area contributed by atoms with Crippen molar-refractivity contribution >= 4 is 11.8 Å². The highest BCUT2D eigenvalue weighted by Gasteiger charge is 2.26. The smallest absolute Gasteiger partial charge is 0.257 e. The summed E-state index contributed by atoms with van der Waals surface area (Å²) in [6.07, 6.45) is 4.71. The third-order valence-corrected chi connectivity index (χ3v) is 5.37. The van der Waals surface area contributed by atoms with Crippen molar-refractivity contribution in [1.29, 1.82) is 0 Å². The maximum atomic E-state index is 12.6. The number of carbonyl (C=O) groups excluding carboxylic acids is 2. The molecule has 1 aliphatic rings. The molecule has 160 valence electrons. The zero-order chi connectivity index (χ0) is 21.6. The van der Waals surface area contributed by atoms with Crippen LogP contribution in [0, 0.1) is 6.92 Å². The molecule has 0 saturated carbocycles. The lowest BCUT2D eigenvalue weighted by Gasteiger charge is -2.32. The fourth-order valence-corrected chi connectivity index (χ4v) is 3.63. The van der Waals surface area contributed by atoms with Crippen molar-refractivity contribution < 1.29 is 18.7 Å². The second kappa shape index (κ2) is 9.47. The van der Waals surface area contributed by atoms with Crippen LogP contribution in [0.1, 0.15) is 45.0 Å². The van der Waals surface area contributed by atoms with E-state index in [1.54, 1.807) is 31.3 Å². The minimum absolute atomic E-state index is 0.00123. The Morgan fingerprint density at radius 2 is 2.00 bits per heavy atom. The number of nitrogens with one attached hydrogen (secondary N) is 1. The summed E-state index contributed by atoms with van der Waals surface area (Å²) in [6, 6.07) is 14.5. The van der Waals surface area contributed by atoms with Crippen LogP contribution < -0.4 is 10.1 Å². The van der Waals surface area contributed by atoms with Crippen molar-refractivity contribution in [3.8, 4) is 5.75 Å². The molecule has 0 aliphatic carbocycles. The van der Waals surface area contributed by atoms with Gasteiger partial charge in [-0.15, -0.1) is 0 Å². The normalized spacial score (nSPS) is 14.3. The lowest BCUT2D eigenvalue weighted by atomic mass is 10.1. The lowest BCUT2D eigenvalue weighted by Crippen LogP contribution is -2.41. The number of hydrogen-bond donors (Lipinski definition) is 1. The molecule has 2 amide bonds. The van der Waals surface area contributed by atoms with E-state index >= 15 is 0 Å². The van der Waals surface area contributed by atoms with Crippen LogP contribution in [-0.2, 0) is 6.54 Å². The maximum absolute atomic E-state index is 12.6. The molecule has 1 fully saturated rings. The Morgan fingerprint density at radius 1 is 1.16 bits per heavy atom. The Bertz CT molecular complexity index is 1040. The van der Waals surface area contributed by atoms with Gasteiger partial charge < -0.3 is 19.4 Å². The summed E-state index contributed by atoms with van der Waals surface area (Å²) in [6.45, 7) is 3.41. The largest absolute Gasteiger partial charge is 0.490 e. The van der Waals surface area contributed by atoms with Gasteiger partial charge in [-0.05, 0) is 43.3 Å². The molecule has 0 bridgehead atoms. The van der Waals surface area contributed by atoms with E-state index in [9.17, 15) is 9.59 Å². The van der Waals surface area contributed by atoms with Crippen LogP contribution in [0.4, 0.5) is 0 Å². The summed E-state index contributed by atoms with van der Waals surface area (Å²) in [5.41, 5.74) is 1.95. The molecule has 1 saturated heterocycles. The number of aryl methyl sites for hydroxylation is 1. The Hall–Kier alpha value is -3.61. The number of aromatic nitrogens is 1. The fraction of sp³-hybridized carbons (Fsp3) is 0.292. The van der Waals surface area contributed by atoms with Crippen molar-refractivity contribution in [3.05, 3.63) is 83.6 Å². The quantitative estimate of drug-likeness (QED) is 0.660. The van der Waals surface area contributed by atoms with Crippen molar-refractivity contribution in [2.24, 2.45) is 0 Å². The number of furan rings is 1. The molecule has 0 spiro atoms. The Kier molecular flexibility index (Phi) is 6.31. The number of carbonyl (C=O) groups is 2. The molecule has 0 atom stereocenters. The average Bonchev–Trinajstić information content (AvgIpc) is 3.24. The molecule has 3 heterocycles. The highest BCUT2D eigenvalue weighted by atomic mass is 16.5. The van der Waals surface area contributed by atoms with Crippen molar-refractivity contribution in [3.63, 3.8) is 0 Å². The van der Waals surface area contributed by atoms with Gasteiger partial charge in [-0.1, -0.05) is 12.1 Å². The first-order chi connectivity index (χ1) is 15.1. The van der Waals surface area contributed by atoms with E-state index in [1.807, 2.05) is 35.2 Å². The molecule has 2 aromatic heterocycles. The Morgan fingerprint density at radius 3 is 2.71 bits per heavy atom. The highest BCUT2D eigenvalue weighted by molar-refractivity contribution is 5.95. The van der Waals surface area contributed by atoms with E-state index in [2.05, 4.69) is 10.3 Å². The van der Waals surface area contributed by atoms with Gasteiger partial charge in [-0.25, -0.2) is 0 Å². The van der Waals surface area contributed by atoms with Crippen LogP contribution in [0.2, 0.25) is 0 Å². The third kappa shape index (κ3) is 5.12. The summed E-state index contributed by atoms with van der Waals surface area (Å²) in [7, 11) is 0. The lowest BCUT2D eigenvalue weighted by molar-refractivity contribution is 0.0593. The first-order valence-corrected chi connectivity index (χ1v) is 10.4. The first-order valence-electron chi connectivity index (χ1n) is 10.4. The zero-order valence-electron chi connectivity index (χ0n) is 17.4. The van der Waals surface area contributed by atoms with Gasteiger partial charge in [0, 0.05) is 37.7 Å². The van der Waals surface area contributed by atoms with Gasteiger partial charge in [0.25, 0.3) is 11.8 Å². The molecule has 0 radical (unpaired) electrons. The van der Waals surface area contributed by atoms with Crippen LogP contribution in [0.3, 0.4) is 0 Å². The molecule has 31 heavy (non-hydrogen) atoms. The average molecular weight is 419 g/mol. The van der Waals surface area contributed by atoms with Gasteiger partial charge in [0.1, 0.15) is 17.6 Å². The minimum Gasteiger partial charge on any atom is -0.490 e. The Labute approximate surface area is 181 Å². The molecule has 1 N–H and O–H groups in total. The SMILES string of the molecule is Cc1occc1C(=O)N1CCC(Oc2cccc(C(=O)NCc3ccccn3)c2)CC1. The Balaban J connectivity index is 1.30. The summed E-state index contributed by atoms with van der Waals surface area (Å²) in [5.74, 6) is 1.12. The molecule has 1 aromatic carbocycles. The first kappa shape index (κ1) is 20.7. The molecule has 4 rings (SSSR count). The van der Waals surface area contributed by atoms with E-state index in [-0.39, 0.29) is 17.9 Å². The number of hydrogen-bond acceptors (Lipinski definition) is 5. The summed E-state index contributed by atoms with van der Waals surface area (Å²) in [5, 5.41) is 2.87. The highest BCUT2D eigenvalue weighted by Crippen LogP contribution is 2.22. The summed E-state index contributed by atoms with van der Waals surface area (Å²) >= 11 is 0. The number of likely N-dealkylation sites (tertiary alicyclic amines) is 1. The van der Waals surface area contributed by atoms with Crippen LogP contribution in [0.25, 0.3) is 0 Å². The van der Waals surface area contributed by atoms with Crippen LogP contribution in [0.5, 0.6) is 5.75 Å². The summed E-state index contributed by atoms with van der Waals surface area (Å²) < 4.78 is 11.3. The van der Waals surface area contributed by atoms with Crippen LogP contribution in [-0.4, -0.2) is 40.9 Å². The summed E-state index contributed by atoms with van der Waals surface area (Å²) in [4.78, 5) is 31.1. The van der Waals surface area contributed by atoms with Gasteiger partial charge in [0.05, 0.1) is 24.1 Å². The third-order valence-electron chi connectivity index (χ3n) is 5.37. The molecule has 7 heteroatoms. The van der Waals surface area contributed by atoms with Crippen molar-refractivity contribution in [2.75, 3.05) is 13.1 Å². The number of nitrogens with zero attached hydrogens (tertiary/aromatic N) is 2. The second-order valence-electron chi connectivity index (χ2n) is 7.53. The predicted molar refractivity (Wildman–Crippen MR) is 115 cm³/mol. The van der Waals surface area contributed by atoms with E-state index in [0.29, 0.717) is 42.3 Å². The number of piperidine rings is 1. The minimum atomic E-state index is -0.174. The number of pyridine rings is 1. The zero-order valence-corrected chi connectivity index (χ0v) is 17.4. The van der Waals surface area contributed by atoms with E-state index in [4.69, 9.17) is 9.15 Å². The molecular weight excluding hydrogens is 394 g/mol. The molecule has 3 aromatic rings. The molecule has 7 nitrogen and oxygen atoms in total. The number of rotatable bonds is 6. The molecule has 0 unspecified atom stereocenters. The number of ether oxygens (including phenoxy) is 1.